The summed E-state index contributed by atoms with van der Waals surface area (Å²) in [7, 11) is 0. The second-order valence-corrected chi connectivity index (χ2v) is 5.51. The molecule has 0 aliphatic carbocycles. The summed E-state index contributed by atoms with van der Waals surface area (Å²) in [5, 5.41) is 0. The molecule has 4 heteroatoms. The van der Waals surface area contributed by atoms with Gasteiger partial charge in [-0.1, -0.05) is 65.3 Å². The molecule has 0 aliphatic rings. The SMILES string of the molecule is CC(c1ccc(Br)cc1)C(F)(F)C(=O)c1ccccc1. The summed E-state index contributed by atoms with van der Waals surface area (Å²) in [6, 6.07) is 14.2. The first-order valence-corrected chi connectivity index (χ1v) is 6.95. The maximum atomic E-state index is 14.3. The van der Waals surface area contributed by atoms with Crippen LogP contribution in [0.4, 0.5) is 8.78 Å². The van der Waals surface area contributed by atoms with Crippen molar-refractivity contribution in [2.75, 3.05) is 0 Å². The zero-order valence-electron chi connectivity index (χ0n) is 10.8. The van der Waals surface area contributed by atoms with Crippen molar-refractivity contribution in [2.24, 2.45) is 0 Å². The Bertz CT molecular complexity index is 594. The fraction of sp³-hybridized carbons (Fsp3) is 0.188. The van der Waals surface area contributed by atoms with E-state index in [0.717, 1.165) is 4.47 Å². The molecule has 2 rings (SSSR count). The molecule has 0 saturated carbocycles. The van der Waals surface area contributed by atoms with Gasteiger partial charge in [-0.15, -0.1) is 0 Å². The van der Waals surface area contributed by atoms with Crippen LogP contribution in [0.5, 0.6) is 0 Å². The van der Waals surface area contributed by atoms with Crippen molar-refractivity contribution in [2.45, 2.75) is 18.8 Å². The van der Waals surface area contributed by atoms with E-state index in [1.807, 2.05) is 0 Å². The highest BCUT2D eigenvalue weighted by Crippen LogP contribution is 2.36. The molecular weight excluding hydrogens is 326 g/mol. The Morgan fingerprint density at radius 1 is 1.05 bits per heavy atom. The Labute approximate surface area is 124 Å². The molecule has 0 aliphatic heterocycles. The van der Waals surface area contributed by atoms with Gasteiger partial charge in [0.2, 0.25) is 5.78 Å². The van der Waals surface area contributed by atoms with Crippen LogP contribution in [0.2, 0.25) is 0 Å². The zero-order chi connectivity index (χ0) is 14.8. The topological polar surface area (TPSA) is 17.1 Å². The lowest BCUT2D eigenvalue weighted by Crippen LogP contribution is -2.34. The van der Waals surface area contributed by atoms with Crippen LogP contribution in [0, 0.1) is 0 Å². The summed E-state index contributed by atoms with van der Waals surface area (Å²) in [6.45, 7) is 1.37. The summed E-state index contributed by atoms with van der Waals surface area (Å²) < 4.78 is 29.5. The molecule has 1 unspecified atom stereocenters. The second-order valence-electron chi connectivity index (χ2n) is 4.59. The molecule has 0 fully saturated rings. The molecule has 2 aromatic rings. The minimum absolute atomic E-state index is 0.0291. The van der Waals surface area contributed by atoms with Crippen LogP contribution in [0.15, 0.2) is 59.1 Å². The Morgan fingerprint density at radius 3 is 2.15 bits per heavy atom. The van der Waals surface area contributed by atoms with E-state index in [4.69, 9.17) is 0 Å². The molecule has 104 valence electrons. The highest BCUT2D eigenvalue weighted by Gasteiger charge is 2.45. The van der Waals surface area contributed by atoms with E-state index in [0.29, 0.717) is 5.56 Å². The van der Waals surface area contributed by atoms with Crippen molar-refractivity contribution in [1.82, 2.24) is 0 Å². The number of Topliss-reactive ketones (excluding diaryl/α,β-unsaturated/α-hetero) is 1. The van der Waals surface area contributed by atoms with Crippen LogP contribution in [-0.4, -0.2) is 11.7 Å². The molecule has 0 aromatic heterocycles. The van der Waals surface area contributed by atoms with Gasteiger partial charge in [0.25, 0.3) is 0 Å². The molecule has 0 radical (unpaired) electrons. The molecule has 0 bridgehead atoms. The van der Waals surface area contributed by atoms with E-state index in [-0.39, 0.29) is 5.56 Å². The number of hydrogen-bond donors (Lipinski definition) is 0. The van der Waals surface area contributed by atoms with E-state index in [2.05, 4.69) is 15.9 Å². The van der Waals surface area contributed by atoms with E-state index in [9.17, 15) is 13.6 Å². The highest BCUT2D eigenvalue weighted by molar-refractivity contribution is 9.10. The van der Waals surface area contributed by atoms with Crippen molar-refractivity contribution in [3.8, 4) is 0 Å². The fourth-order valence-electron chi connectivity index (χ4n) is 1.94. The van der Waals surface area contributed by atoms with Gasteiger partial charge in [-0.05, 0) is 17.7 Å². The molecule has 2 aromatic carbocycles. The third kappa shape index (κ3) is 2.96. The first-order valence-electron chi connectivity index (χ1n) is 6.16. The molecule has 0 saturated heterocycles. The number of rotatable bonds is 4. The third-order valence-electron chi connectivity index (χ3n) is 3.25. The Balaban J connectivity index is 2.29. The van der Waals surface area contributed by atoms with Gasteiger partial charge in [0, 0.05) is 10.0 Å². The number of halogens is 3. The van der Waals surface area contributed by atoms with Gasteiger partial charge in [0.15, 0.2) is 0 Å². The van der Waals surface area contributed by atoms with Crippen molar-refractivity contribution in [3.63, 3.8) is 0 Å². The van der Waals surface area contributed by atoms with Gasteiger partial charge >= 0.3 is 5.92 Å². The van der Waals surface area contributed by atoms with Crippen molar-refractivity contribution in [3.05, 3.63) is 70.2 Å². The fourth-order valence-corrected chi connectivity index (χ4v) is 2.20. The highest BCUT2D eigenvalue weighted by atomic mass is 79.9. The largest absolute Gasteiger partial charge is 0.316 e. The van der Waals surface area contributed by atoms with Crippen LogP contribution in [-0.2, 0) is 0 Å². The van der Waals surface area contributed by atoms with Crippen LogP contribution >= 0.6 is 15.9 Å². The smallest absolute Gasteiger partial charge is 0.287 e. The first-order chi connectivity index (χ1) is 9.43. The Hall–Kier alpha value is -1.55. The molecule has 0 heterocycles. The Morgan fingerprint density at radius 2 is 1.60 bits per heavy atom. The van der Waals surface area contributed by atoms with Crippen molar-refractivity contribution < 1.29 is 13.6 Å². The summed E-state index contributed by atoms with van der Waals surface area (Å²) in [5.41, 5.74) is 0.462. The van der Waals surface area contributed by atoms with E-state index < -0.39 is 17.6 Å². The van der Waals surface area contributed by atoms with Crippen molar-refractivity contribution >= 4 is 21.7 Å². The number of alkyl halides is 2. The minimum atomic E-state index is -3.44. The normalized spacial score (nSPS) is 13.0. The average Bonchev–Trinajstić information content (AvgIpc) is 2.47. The second kappa shape index (κ2) is 5.83. The van der Waals surface area contributed by atoms with E-state index >= 15 is 0 Å². The lowest BCUT2D eigenvalue weighted by molar-refractivity contribution is -0.00460. The molecule has 1 atom stereocenters. The average molecular weight is 339 g/mol. The summed E-state index contributed by atoms with van der Waals surface area (Å²) in [5.74, 6) is -5.76. The number of benzene rings is 2. The molecule has 0 spiro atoms. The van der Waals surface area contributed by atoms with Crippen LogP contribution in [0.3, 0.4) is 0 Å². The first kappa shape index (κ1) is 14.9. The van der Waals surface area contributed by atoms with Gasteiger partial charge < -0.3 is 0 Å². The third-order valence-corrected chi connectivity index (χ3v) is 3.78. The quantitative estimate of drug-likeness (QED) is 0.711. The maximum Gasteiger partial charge on any atom is 0.316 e. The molecule has 1 nitrogen and oxygen atoms in total. The van der Waals surface area contributed by atoms with Gasteiger partial charge in [-0.2, -0.15) is 8.78 Å². The van der Waals surface area contributed by atoms with Crippen LogP contribution in [0.25, 0.3) is 0 Å². The van der Waals surface area contributed by atoms with E-state index in [1.165, 1.54) is 19.1 Å². The molecule has 0 N–H and O–H groups in total. The van der Waals surface area contributed by atoms with Crippen LogP contribution < -0.4 is 0 Å². The lowest BCUT2D eigenvalue weighted by Gasteiger charge is -2.23. The van der Waals surface area contributed by atoms with Gasteiger partial charge in [0.1, 0.15) is 0 Å². The summed E-state index contributed by atoms with van der Waals surface area (Å²) in [6.07, 6.45) is 0. The number of carbonyl (C=O) groups is 1. The zero-order valence-corrected chi connectivity index (χ0v) is 12.4. The lowest BCUT2D eigenvalue weighted by atomic mass is 9.89. The van der Waals surface area contributed by atoms with E-state index in [1.54, 1.807) is 42.5 Å². The van der Waals surface area contributed by atoms with Gasteiger partial charge in [-0.3, -0.25) is 4.79 Å². The molecule has 0 amide bonds. The number of carbonyl (C=O) groups excluding carboxylic acids is 1. The van der Waals surface area contributed by atoms with Gasteiger partial charge in [0.05, 0.1) is 5.92 Å². The number of ketones is 1. The predicted molar refractivity (Wildman–Crippen MR) is 78.3 cm³/mol. The Kier molecular flexibility index (Phi) is 4.33. The predicted octanol–water partition coefficient (Wildman–Crippen LogP) is 5.07. The number of hydrogen-bond acceptors (Lipinski definition) is 1. The standard InChI is InChI=1S/C16H13BrF2O/c1-11(12-7-9-14(17)10-8-12)16(18,19)15(20)13-5-3-2-4-6-13/h2-11H,1H3. The monoisotopic (exact) mass is 338 g/mol. The molecular formula is C16H13BrF2O. The minimum Gasteiger partial charge on any atom is -0.287 e. The summed E-state index contributed by atoms with van der Waals surface area (Å²) >= 11 is 3.26. The maximum absolute atomic E-state index is 14.3. The summed E-state index contributed by atoms with van der Waals surface area (Å²) in [4.78, 5) is 12.0. The van der Waals surface area contributed by atoms with Gasteiger partial charge in [-0.25, -0.2) is 0 Å². The molecule has 20 heavy (non-hydrogen) atoms. The van der Waals surface area contributed by atoms with Crippen molar-refractivity contribution in [1.29, 1.82) is 0 Å². The van der Waals surface area contributed by atoms with Crippen LogP contribution in [0.1, 0.15) is 28.8 Å².